The Morgan fingerprint density at radius 2 is 2.00 bits per heavy atom. The molecule has 0 saturated heterocycles. The maximum absolute atomic E-state index is 13.5. The highest BCUT2D eigenvalue weighted by Crippen LogP contribution is 2.33. The number of carbonyl (C=O) groups is 1. The zero-order valence-corrected chi connectivity index (χ0v) is 11.7. The number of rotatable bonds is 2. The van der Waals surface area contributed by atoms with Crippen LogP contribution in [0.3, 0.4) is 0 Å². The summed E-state index contributed by atoms with van der Waals surface area (Å²) in [4.78, 5) is 11.7. The van der Waals surface area contributed by atoms with Gasteiger partial charge in [-0.05, 0) is 18.2 Å². The van der Waals surface area contributed by atoms with Crippen LogP contribution in [0.2, 0.25) is 0 Å². The number of alkyl halides is 3. The first-order valence-electron chi connectivity index (χ1n) is 4.94. The number of carbonyl (C=O) groups excluding carboxylic acids is 1. The Kier molecular flexibility index (Phi) is 4.04. The number of hydrogen-bond acceptors (Lipinski definition) is 4. The van der Waals surface area contributed by atoms with E-state index in [1.54, 1.807) is 0 Å². The topological polar surface area (TPSA) is 54.9 Å². The van der Waals surface area contributed by atoms with Gasteiger partial charge in [0.15, 0.2) is 0 Å². The van der Waals surface area contributed by atoms with Gasteiger partial charge in [0.05, 0.1) is 5.56 Å². The lowest BCUT2D eigenvalue weighted by molar-refractivity contribution is -0.138. The average molecular weight is 370 g/mol. The molecular weight excluding hydrogens is 366 g/mol. The Labute approximate surface area is 122 Å². The molecule has 10 heteroatoms. The first-order valence-corrected chi connectivity index (χ1v) is 6.55. The largest absolute Gasteiger partial charge is 0.445 e. The first-order chi connectivity index (χ1) is 9.27. The number of aromatic nitrogens is 2. The van der Waals surface area contributed by atoms with Crippen LogP contribution in [-0.4, -0.2) is 16.1 Å². The van der Waals surface area contributed by atoms with E-state index in [-0.39, 0.29) is 22.0 Å². The molecule has 2 rings (SSSR count). The molecule has 0 fully saturated rings. The first kappa shape index (κ1) is 14.9. The second-order valence-electron chi connectivity index (χ2n) is 3.49. The highest BCUT2D eigenvalue weighted by atomic mass is 79.9. The predicted molar refractivity (Wildman–Crippen MR) is 67.0 cm³/mol. The summed E-state index contributed by atoms with van der Waals surface area (Å²) in [5.74, 6) is -1.71. The Morgan fingerprint density at radius 3 is 2.55 bits per heavy atom. The van der Waals surface area contributed by atoms with E-state index in [4.69, 9.17) is 0 Å². The summed E-state index contributed by atoms with van der Waals surface area (Å²) in [5, 5.41) is 6.59. The van der Waals surface area contributed by atoms with Crippen molar-refractivity contribution in [3.8, 4) is 0 Å². The maximum Gasteiger partial charge on any atom is 0.445 e. The fraction of sp³-hybridized carbons (Fsp3) is 0.100. The van der Waals surface area contributed by atoms with E-state index in [1.807, 2.05) is 0 Å². The average Bonchev–Trinajstić information content (AvgIpc) is 2.76. The van der Waals surface area contributed by atoms with E-state index in [2.05, 4.69) is 31.4 Å². The third-order valence-corrected chi connectivity index (χ3v) is 3.44. The standard InChI is InChI=1S/C10H4BrF4N3OS/c11-4-1-2-5(6(12)3-4)7(19)16-9-18-17-8(20-9)10(13,14)15/h1-3H,(H,16,18,19). The monoisotopic (exact) mass is 369 g/mol. The van der Waals surface area contributed by atoms with Gasteiger partial charge in [0, 0.05) is 4.47 Å². The summed E-state index contributed by atoms with van der Waals surface area (Å²) in [6.45, 7) is 0. The highest BCUT2D eigenvalue weighted by Gasteiger charge is 2.35. The van der Waals surface area contributed by atoms with E-state index in [9.17, 15) is 22.4 Å². The molecule has 0 bridgehead atoms. The van der Waals surface area contributed by atoms with Gasteiger partial charge >= 0.3 is 6.18 Å². The van der Waals surface area contributed by atoms with E-state index in [0.29, 0.717) is 4.47 Å². The Balaban J connectivity index is 2.17. The molecule has 0 saturated carbocycles. The van der Waals surface area contributed by atoms with Crippen LogP contribution in [0.25, 0.3) is 0 Å². The van der Waals surface area contributed by atoms with Crippen LogP contribution in [0.5, 0.6) is 0 Å². The molecule has 0 atom stereocenters. The van der Waals surface area contributed by atoms with E-state index < -0.39 is 22.9 Å². The molecule has 4 nitrogen and oxygen atoms in total. The van der Waals surface area contributed by atoms with Crippen LogP contribution < -0.4 is 5.32 Å². The third-order valence-electron chi connectivity index (χ3n) is 2.06. The normalized spacial score (nSPS) is 11.4. The minimum absolute atomic E-state index is 0.161. The van der Waals surface area contributed by atoms with Gasteiger partial charge in [0.25, 0.3) is 5.91 Å². The molecule has 0 aliphatic carbocycles. The molecule has 20 heavy (non-hydrogen) atoms. The molecule has 0 spiro atoms. The molecule has 0 aliphatic rings. The van der Waals surface area contributed by atoms with Crippen molar-refractivity contribution in [1.82, 2.24) is 10.2 Å². The van der Waals surface area contributed by atoms with Crippen molar-refractivity contribution < 1.29 is 22.4 Å². The number of anilines is 1. The van der Waals surface area contributed by atoms with Gasteiger partial charge in [-0.15, -0.1) is 10.2 Å². The molecule has 2 aromatic rings. The molecule has 0 aliphatic heterocycles. The fourth-order valence-corrected chi connectivity index (χ4v) is 2.17. The molecule has 1 aromatic heterocycles. The van der Waals surface area contributed by atoms with Crippen molar-refractivity contribution in [3.63, 3.8) is 0 Å². The van der Waals surface area contributed by atoms with Crippen molar-refractivity contribution in [1.29, 1.82) is 0 Å². The number of amides is 1. The van der Waals surface area contributed by atoms with Crippen molar-refractivity contribution in [2.75, 3.05) is 5.32 Å². The Hall–Kier alpha value is -1.55. The van der Waals surface area contributed by atoms with Gasteiger partial charge in [-0.2, -0.15) is 13.2 Å². The summed E-state index contributed by atoms with van der Waals surface area (Å²) in [6, 6.07) is 3.69. The lowest BCUT2D eigenvalue weighted by Gasteiger charge is -2.03. The van der Waals surface area contributed by atoms with Crippen molar-refractivity contribution in [2.45, 2.75) is 6.18 Å². The lowest BCUT2D eigenvalue weighted by Crippen LogP contribution is -2.13. The molecule has 0 unspecified atom stereocenters. The number of nitrogens with one attached hydrogen (secondary N) is 1. The molecule has 1 aromatic carbocycles. The maximum atomic E-state index is 13.5. The zero-order valence-electron chi connectivity index (χ0n) is 9.33. The zero-order chi connectivity index (χ0) is 14.9. The number of nitrogens with zero attached hydrogens (tertiary/aromatic N) is 2. The van der Waals surface area contributed by atoms with Crippen molar-refractivity contribution in [3.05, 3.63) is 39.1 Å². The van der Waals surface area contributed by atoms with Gasteiger partial charge in [0.2, 0.25) is 10.1 Å². The van der Waals surface area contributed by atoms with Crippen LogP contribution in [0.15, 0.2) is 22.7 Å². The fourth-order valence-electron chi connectivity index (χ4n) is 1.23. The smallest absolute Gasteiger partial charge is 0.296 e. The van der Waals surface area contributed by atoms with E-state index in [1.165, 1.54) is 12.1 Å². The van der Waals surface area contributed by atoms with Gasteiger partial charge < -0.3 is 0 Å². The minimum Gasteiger partial charge on any atom is -0.296 e. The highest BCUT2D eigenvalue weighted by molar-refractivity contribution is 9.10. The Bertz CT molecular complexity index is 658. The van der Waals surface area contributed by atoms with Crippen LogP contribution in [0.4, 0.5) is 22.7 Å². The van der Waals surface area contributed by atoms with Crippen molar-refractivity contribution >= 4 is 38.3 Å². The summed E-state index contributed by atoms with van der Waals surface area (Å²) >= 11 is 3.18. The molecule has 1 N–H and O–H groups in total. The molecule has 106 valence electrons. The van der Waals surface area contributed by atoms with Crippen LogP contribution >= 0.6 is 27.3 Å². The number of benzene rings is 1. The Morgan fingerprint density at radius 1 is 1.30 bits per heavy atom. The minimum atomic E-state index is -4.64. The molecule has 0 radical (unpaired) electrons. The molecular formula is C10H4BrF4N3OS. The van der Waals surface area contributed by atoms with Gasteiger partial charge in [-0.25, -0.2) is 4.39 Å². The lowest BCUT2D eigenvalue weighted by atomic mass is 10.2. The third kappa shape index (κ3) is 3.31. The van der Waals surface area contributed by atoms with E-state index in [0.717, 1.165) is 6.07 Å². The van der Waals surface area contributed by atoms with Crippen LogP contribution in [0, 0.1) is 5.82 Å². The van der Waals surface area contributed by atoms with Gasteiger partial charge in [-0.3, -0.25) is 10.1 Å². The molecule has 1 heterocycles. The van der Waals surface area contributed by atoms with E-state index >= 15 is 0 Å². The van der Waals surface area contributed by atoms with Crippen LogP contribution in [0.1, 0.15) is 15.4 Å². The van der Waals surface area contributed by atoms with Crippen LogP contribution in [-0.2, 0) is 6.18 Å². The number of hydrogen-bond donors (Lipinski definition) is 1. The summed E-state index contributed by atoms with van der Waals surface area (Å²) < 4.78 is 50.8. The predicted octanol–water partition coefficient (Wildman–Crippen LogP) is 3.71. The summed E-state index contributed by atoms with van der Waals surface area (Å²) in [7, 11) is 0. The van der Waals surface area contributed by atoms with Gasteiger partial charge in [0.1, 0.15) is 5.82 Å². The second kappa shape index (κ2) is 5.44. The van der Waals surface area contributed by atoms with Crippen molar-refractivity contribution in [2.24, 2.45) is 0 Å². The number of halogens is 5. The summed E-state index contributed by atoms with van der Waals surface area (Å²) in [6.07, 6.45) is -4.64. The van der Waals surface area contributed by atoms with Gasteiger partial charge in [-0.1, -0.05) is 27.3 Å². The SMILES string of the molecule is O=C(Nc1nnc(C(F)(F)F)s1)c1ccc(Br)cc1F. The second-order valence-corrected chi connectivity index (χ2v) is 5.38. The quantitative estimate of drug-likeness (QED) is 0.821. The summed E-state index contributed by atoms with van der Waals surface area (Å²) in [5.41, 5.74) is -0.308. The molecule has 1 amide bonds.